The summed E-state index contributed by atoms with van der Waals surface area (Å²) in [6.45, 7) is 2.75. The van der Waals surface area contributed by atoms with E-state index in [0.29, 0.717) is 27.9 Å². The summed E-state index contributed by atoms with van der Waals surface area (Å²) in [5, 5.41) is 9.56. The van der Waals surface area contributed by atoms with Crippen molar-refractivity contribution in [3.63, 3.8) is 0 Å². The van der Waals surface area contributed by atoms with Gasteiger partial charge in [0.05, 0.1) is 29.1 Å². The van der Waals surface area contributed by atoms with E-state index in [2.05, 4.69) is 6.07 Å². The zero-order chi connectivity index (χ0) is 17.5. The second-order valence-corrected chi connectivity index (χ2v) is 5.74. The van der Waals surface area contributed by atoms with Crippen LogP contribution in [-0.4, -0.2) is 19.1 Å². The van der Waals surface area contributed by atoms with Crippen LogP contribution in [0.5, 0.6) is 5.75 Å². The number of anilines is 1. The van der Waals surface area contributed by atoms with Gasteiger partial charge in [0.25, 0.3) is 5.91 Å². The molecule has 2 aromatic carbocycles. The molecule has 124 valence electrons. The number of hydrogen-bond donors (Lipinski definition) is 0. The van der Waals surface area contributed by atoms with Gasteiger partial charge in [0.15, 0.2) is 0 Å². The van der Waals surface area contributed by atoms with E-state index in [1.165, 1.54) is 6.07 Å². The van der Waals surface area contributed by atoms with Crippen LogP contribution in [0.3, 0.4) is 0 Å². The third kappa shape index (κ3) is 4.41. The summed E-state index contributed by atoms with van der Waals surface area (Å²) in [6.07, 6.45) is 0.222. The molecule has 24 heavy (non-hydrogen) atoms. The van der Waals surface area contributed by atoms with E-state index in [1.807, 2.05) is 6.92 Å². The van der Waals surface area contributed by atoms with Crippen molar-refractivity contribution in [2.24, 2.45) is 0 Å². The Morgan fingerprint density at radius 3 is 2.46 bits per heavy atom. The molecule has 0 saturated heterocycles. The van der Waals surface area contributed by atoms with E-state index in [4.69, 9.17) is 33.2 Å². The molecule has 0 unspecified atom stereocenters. The summed E-state index contributed by atoms with van der Waals surface area (Å²) in [6, 6.07) is 13.9. The molecule has 4 nitrogen and oxygen atoms in total. The second-order valence-electron chi connectivity index (χ2n) is 4.92. The first-order chi connectivity index (χ1) is 11.6. The number of benzene rings is 2. The highest BCUT2D eigenvalue weighted by Crippen LogP contribution is 2.26. The first kappa shape index (κ1) is 18.1. The molecule has 0 heterocycles. The lowest BCUT2D eigenvalue weighted by Gasteiger charge is -2.22. The molecule has 0 bridgehead atoms. The monoisotopic (exact) mass is 362 g/mol. The molecule has 0 saturated carbocycles. The number of halogens is 2. The smallest absolute Gasteiger partial charge is 0.258 e. The molecule has 6 heteroatoms. The van der Waals surface area contributed by atoms with E-state index in [0.717, 1.165) is 5.75 Å². The van der Waals surface area contributed by atoms with Crippen molar-refractivity contribution in [2.45, 2.75) is 13.3 Å². The average Bonchev–Trinajstić information content (AvgIpc) is 2.59. The lowest BCUT2D eigenvalue weighted by Crippen LogP contribution is -2.31. The number of rotatable bonds is 6. The van der Waals surface area contributed by atoms with Gasteiger partial charge in [0.1, 0.15) is 5.75 Å². The largest absolute Gasteiger partial charge is 0.494 e. The van der Waals surface area contributed by atoms with Crippen molar-refractivity contribution in [3.8, 4) is 11.8 Å². The maximum Gasteiger partial charge on any atom is 0.258 e. The minimum absolute atomic E-state index is 0.222. The number of ether oxygens (including phenoxy) is 1. The van der Waals surface area contributed by atoms with Gasteiger partial charge in [0.2, 0.25) is 0 Å². The SMILES string of the molecule is CCOc1ccc(N(CCC#N)C(=O)c2ccc(Cl)c(Cl)c2)cc1. The molecule has 0 spiro atoms. The maximum absolute atomic E-state index is 12.8. The minimum Gasteiger partial charge on any atom is -0.494 e. The van der Waals surface area contributed by atoms with Gasteiger partial charge >= 0.3 is 0 Å². The average molecular weight is 363 g/mol. The predicted molar refractivity (Wildman–Crippen MR) is 96.0 cm³/mol. The lowest BCUT2D eigenvalue weighted by atomic mass is 10.1. The number of carbonyl (C=O) groups excluding carboxylic acids is 1. The highest BCUT2D eigenvalue weighted by Gasteiger charge is 2.18. The van der Waals surface area contributed by atoms with Crippen molar-refractivity contribution in [3.05, 3.63) is 58.1 Å². The molecule has 0 aliphatic carbocycles. The van der Waals surface area contributed by atoms with Crippen LogP contribution in [0.25, 0.3) is 0 Å². The number of hydrogen-bond acceptors (Lipinski definition) is 3. The first-order valence-electron chi connectivity index (χ1n) is 7.43. The van der Waals surface area contributed by atoms with E-state index in [1.54, 1.807) is 41.3 Å². The van der Waals surface area contributed by atoms with Gasteiger partial charge in [-0.15, -0.1) is 0 Å². The fraction of sp³-hybridized carbons (Fsp3) is 0.222. The Bertz CT molecular complexity index is 755. The van der Waals surface area contributed by atoms with Gasteiger partial charge in [-0.05, 0) is 49.4 Å². The maximum atomic E-state index is 12.8. The summed E-state index contributed by atoms with van der Waals surface area (Å²) in [5.74, 6) is 0.483. The standard InChI is InChI=1S/C18H16Cl2N2O2/c1-2-24-15-7-5-14(6-8-15)22(11-3-10-21)18(23)13-4-9-16(19)17(20)12-13/h4-9,12H,2-3,11H2,1H3. The fourth-order valence-electron chi connectivity index (χ4n) is 2.18. The second kappa shape index (κ2) is 8.58. The van der Waals surface area contributed by atoms with Crippen molar-refractivity contribution in [2.75, 3.05) is 18.1 Å². The van der Waals surface area contributed by atoms with Crippen LogP contribution >= 0.6 is 23.2 Å². The van der Waals surface area contributed by atoms with E-state index in [-0.39, 0.29) is 18.9 Å². The van der Waals surface area contributed by atoms with Crippen LogP contribution in [0.2, 0.25) is 10.0 Å². The van der Waals surface area contributed by atoms with E-state index < -0.39 is 0 Å². The van der Waals surface area contributed by atoms with Crippen molar-refractivity contribution < 1.29 is 9.53 Å². The molecule has 0 fully saturated rings. The topological polar surface area (TPSA) is 53.3 Å². The van der Waals surface area contributed by atoms with Crippen molar-refractivity contribution in [1.82, 2.24) is 0 Å². The Balaban J connectivity index is 2.31. The Labute approximate surface area is 151 Å². The molecular formula is C18H16Cl2N2O2. The third-order valence-electron chi connectivity index (χ3n) is 3.32. The zero-order valence-corrected chi connectivity index (χ0v) is 14.6. The van der Waals surface area contributed by atoms with Gasteiger partial charge in [-0.25, -0.2) is 0 Å². The minimum atomic E-state index is -0.243. The Morgan fingerprint density at radius 1 is 1.17 bits per heavy atom. The Morgan fingerprint density at radius 2 is 1.88 bits per heavy atom. The van der Waals surface area contributed by atoms with Crippen LogP contribution in [0.15, 0.2) is 42.5 Å². The van der Waals surface area contributed by atoms with Gasteiger partial charge in [-0.3, -0.25) is 4.79 Å². The lowest BCUT2D eigenvalue weighted by molar-refractivity contribution is 0.0987. The quantitative estimate of drug-likeness (QED) is 0.730. The highest BCUT2D eigenvalue weighted by molar-refractivity contribution is 6.42. The molecule has 0 aliphatic heterocycles. The van der Waals surface area contributed by atoms with Crippen LogP contribution in [0.1, 0.15) is 23.7 Å². The molecule has 1 amide bonds. The normalized spacial score (nSPS) is 10.1. The fourth-order valence-corrected chi connectivity index (χ4v) is 2.48. The number of amides is 1. The molecule has 0 aliphatic rings. The molecular weight excluding hydrogens is 347 g/mol. The third-order valence-corrected chi connectivity index (χ3v) is 4.06. The summed E-state index contributed by atoms with van der Waals surface area (Å²) in [7, 11) is 0. The molecule has 2 aromatic rings. The van der Waals surface area contributed by atoms with Crippen LogP contribution in [-0.2, 0) is 0 Å². The molecule has 2 rings (SSSR count). The molecule has 0 N–H and O–H groups in total. The number of nitriles is 1. The van der Waals surface area contributed by atoms with Gasteiger partial charge in [0, 0.05) is 17.8 Å². The summed E-state index contributed by atoms with van der Waals surface area (Å²) < 4.78 is 5.41. The van der Waals surface area contributed by atoms with Crippen LogP contribution < -0.4 is 9.64 Å². The number of carbonyl (C=O) groups is 1. The van der Waals surface area contributed by atoms with Gasteiger partial charge in [-0.2, -0.15) is 5.26 Å². The van der Waals surface area contributed by atoms with E-state index >= 15 is 0 Å². The van der Waals surface area contributed by atoms with Gasteiger partial charge in [-0.1, -0.05) is 23.2 Å². The summed E-state index contributed by atoms with van der Waals surface area (Å²) in [4.78, 5) is 14.3. The summed E-state index contributed by atoms with van der Waals surface area (Å²) >= 11 is 11.9. The predicted octanol–water partition coefficient (Wildman–Crippen LogP) is 4.95. The first-order valence-corrected chi connectivity index (χ1v) is 8.19. The van der Waals surface area contributed by atoms with Crippen LogP contribution in [0.4, 0.5) is 5.69 Å². The van der Waals surface area contributed by atoms with Crippen molar-refractivity contribution >= 4 is 34.8 Å². The molecule has 0 aromatic heterocycles. The van der Waals surface area contributed by atoms with Gasteiger partial charge < -0.3 is 9.64 Å². The Kier molecular flexibility index (Phi) is 6.48. The van der Waals surface area contributed by atoms with Crippen LogP contribution in [0, 0.1) is 11.3 Å². The number of nitrogens with zero attached hydrogens (tertiary/aromatic N) is 2. The van der Waals surface area contributed by atoms with E-state index in [9.17, 15) is 4.79 Å². The summed E-state index contributed by atoms with van der Waals surface area (Å²) in [5.41, 5.74) is 1.10. The highest BCUT2D eigenvalue weighted by atomic mass is 35.5. The molecule has 0 atom stereocenters. The zero-order valence-electron chi connectivity index (χ0n) is 13.1. The van der Waals surface area contributed by atoms with Crippen molar-refractivity contribution in [1.29, 1.82) is 5.26 Å². The molecule has 0 radical (unpaired) electrons. The Hall–Kier alpha value is -2.22.